The lowest BCUT2D eigenvalue weighted by Crippen LogP contribution is -2.16. The molecule has 0 spiro atoms. The number of hydrogen-bond acceptors (Lipinski definition) is 4. The fraction of sp³-hybridized carbons (Fsp3) is 0.613. The van der Waals surface area contributed by atoms with Gasteiger partial charge in [0.25, 0.3) is 0 Å². The van der Waals surface area contributed by atoms with Gasteiger partial charge in [0.2, 0.25) is 17.4 Å². The Balaban J connectivity index is 1.69. The van der Waals surface area contributed by atoms with Gasteiger partial charge in [-0.3, -0.25) is 4.18 Å². The van der Waals surface area contributed by atoms with E-state index in [9.17, 15) is 17.2 Å². The van der Waals surface area contributed by atoms with Crippen molar-refractivity contribution in [3.63, 3.8) is 0 Å². The second kappa shape index (κ2) is 12.4. The Morgan fingerprint density at radius 3 is 1.40 bits per heavy atom. The molecule has 0 heterocycles. The van der Waals surface area contributed by atoms with Gasteiger partial charge in [0.15, 0.2) is 16.5 Å². The molecule has 3 aliphatic carbocycles. The van der Waals surface area contributed by atoms with E-state index < -0.39 is 44.0 Å². The summed E-state index contributed by atoms with van der Waals surface area (Å²) in [4.78, 5) is -1.80. The summed E-state index contributed by atoms with van der Waals surface area (Å²) >= 11 is 0. The molecular weight excluding hydrogens is 544 g/mol. The molecule has 0 saturated heterocycles. The first-order valence-electron chi connectivity index (χ1n) is 14.7. The lowest BCUT2D eigenvalue weighted by Gasteiger charge is -2.32. The number of benzene rings is 2. The number of halogens is 4. The summed E-state index contributed by atoms with van der Waals surface area (Å²) < 4.78 is 94.8. The molecular formula is C31H38F4O4S. The third kappa shape index (κ3) is 5.78. The summed E-state index contributed by atoms with van der Waals surface area (Å²) in [7, 11) is -4.39. The molecule has 0 radical (unpaired) electrons. The Labute approximate surface area is 234 Å². The Morgan fingerprint density at radius 2 is 1.00 bits per heavy atom. The van der Waals surface area contributed by atoms with Crippen molar-refractivity contribution in [2.45, 2.75) is 119 Å². The van der Waals surface area contributed by atoms with Gasteiger partial charge in [0.1, 0.15) is 5.75 Å². The monoisotopic (exact) mass is 582 g/mol. The van der Waals surface area contributed by atoms with Crippen LogP contribution in [0.2, 0.25) is 0 Å². The zero-order chi connectivity index (χ0) is 28.4. The predicted octanol–water partition coefficient (Wildman–Crippen LogP) is 9.51. The van der Waals surface area contributed by atoms with Crippen molar-refractivity contribution in [3.05, 3.63) is 52.1 Å². The van der Waals surface area contributed by atoms with Crippen molar-refractivity contribution in [3.8, 4) is 11.5 Å². The molecule has 2 aromatic rings. The zero-order valence-corrected chi connectivity index (χ0v) is 23.9. The maximum Gasteiger partial charge on any atom is 0.302 e. The van der Waals surface area contributed by atoms with E-state index in [1.54, 1.807) is 0 Å². The molecule has 3 aliphatic rings. The second-order valence-corrected chi connectivity index (χ2v) is 13.3. The fourth-order valence-electron chi connectivity index (χ4n) is 7.01. The first-order chi connectivity index (χ1) is 19.2. The van der Waals surface area contributed by atoms with Crippen LogP contribution >= 0.6 is 0 Å². The van der Waals surface area contributed by atoms with E-state index in [0.717, 1.165) is 101 Å². The Bertz CT molecular complexity index is 1260. The maximum absolute atomic E-state index is 15.3. The van der Waals surface area contributed by atoms with Crippen LogP contribution in [0.15, 0.2) is 17.0 Å². The number of ether oxygens (including phenoxy) is 1. The molecule has 0 amide bonds. The molecule has 0 N–H and O–H groups in total. The van der Waals surface area contributed by atoms with E-state index in [4.69, 9.17) is 4.74 Å². The third-order valence-electron chi connectivity index (χ3n) is 9.19. The number of rotatable bonds is 7. The molecule has 2 aromatic carbocycles. The van der Waals surface area contributed by atoms with Gasteiger partial charge in [-0.15, -0.1) is 0 Å². The topological polar surface area (TPSA) is 52.6 Å². The van der Waals surface area contributed by atoms with Gasteiger partial charge in [0.05, 0.1) is 7.11 Å². The molecule has 40 heavy (non-hydrogen) atoms. The summed E-state index contributed by atoms with van der Waals surface area (Å²) in [6.45, 7) is 0. The summed E-state index contributed by atoms with van der Waals surface area (Å²) in [5.41, 5.74) is 2.90. The summed E-state index contributed by atoms with van der Waals surface area (Å²) in [5, 5.41) is 0. The normalized spacial score (nSPS) is 20.1. The van der Waals surface area contributed by atoms with Gasteiger partial charge in [-0.1, -0.05) is 69.9 Å². The Kier molecular flexibility index (Phi) is 9.10. The average Bonchev–Trinajstić information content (AvgIpc) is 2.99. The van der Waals surface area contributed by atoms with Crippen LogP contribution in [0.5, 0.6) is 11.5 Å². The van der Waals surface area contributed by atoms with Crippen LogP contribution in [0.3, 0.4) is 0 Å². The molecule has 4 nitrogen and oxygen atoms in total. The fourth-order valence-corrected chi connectivity index (χ4v) is 7.79. The highest BCUT2D eigenvalue weighted by Gasteiger charge is 2.36. The largest absolute Gasteiger partial charge is 0.450 e. The highest BCUT2D eigenvalue weighted by atomic mass is 32.2. The van der Waals surface area contributed by atoms with Crippen LogP contribution in [0.4, 0.5) is 17.6 Å². The molecule has 9 heteroatoms. The van der Waals surface area contributed by atoms with Gasteiger partial charge in [-0.25, -0.2) is 8.78 Å². The minimum Gasteiger partial charge on any atom is -0.450 e. The SMILES string of the molecule is COS(=O)(=O)c1c(F)c(F)c(Oc2c(C3CCCCC3)cc(C3CCCCC3)cc2C2CCCCC2)c(F)c1F. The van der Waals surface area contributed by atoms with E-state index in [2.05, 4.69) is 16.3 Å². The van der Waals surface area contributed by atoms with E-state index in [1.807, 2.05) is 0 Å². The second-order valence-electron chi connectivity index (χ2n) is 11.7. The third-order valence-corrected chi connectivity index (χ3v) is 10.5. The van der Waals surface area contributed by atoms with Gasteiger partial charge >= 0.3 is 10.1 Å². The summed E-state index contributed by atoms with van der Waals surface area (Å²) in [6, 6.07) is 4.22. The highest BCUT2D eigenvalue weighted by Crippen LogP contribution is 2.49. The van der Waals surface area contributed by atoms with E-state index >= 15 is 8.78 Å². The van der Waals surface area contributed by atoms with Gasteiger partial charge < -0.3 is 4.74 Å². The minimum absolute atomic E-state index is 0.101. The van der Waals surface area contributed by atoms with Gasteiger partial charge in [-0.05, 0) is 73.0 Å². The van der Waals surface area contributed by atoms with Crippen LogP contribution in [-0.4, -0.2) is 15.5 Å². The Morgan fingerprint density at radius 1 is 0.600 bits per heavy atom. The van der Waals surface area contributed by atoms with Crippen LogP contribution in [-0.2, 0) is 14.3 Å². The van der Waals surface area contributed by atoms with Crippen LogP contribution in [0.1, 0.15) is 131 Å². The lowest BCUT2D eigenvalue weighted by molar-refractivity contribution is 0.330. The standard InChI is InChI=1S/C31H38F4O4S/c1-38-40(36,37)31-27(34)25(32)30(26(33)28(31)35)39-29-23(20-13-7-3-8-14-20)17-22(19-11-5-2-6-12-19)18-24(29)21-15-9-4-10-16-21/h17-21H,2-16H2,1H3. The molecule has 5 rings (SSSR count). The van der Waals surface area contributed by atoms with E-state index in [1.165, 1.54) is 12.0 Å². The van der Waals surface area contributed by atoms with Gasteiger partial charge in [-0.2, -0.15) is 17.2 Å². The Hall–Kier alpha value is -2.13. The lowest BCUT2D eigenvalue weighted by atomic mass is 9.75. The van der Waals surface area contributed by atoms with E-state index in [-0.39, 0.29) is 17.6 Å². The molecule has 0 aromatic heterocycles. The maximum atomic E-state index is 15.3. The molecule has 3 fully saturated rings. The van der Waals surface area contributed by atoms with Crippen molar-refractivity contribution >= 4 is 10.1 Å². The first-order valence-corrected chi connectivity index (χ1v) is 16.2. The van der Waals surface area contributed by atoms with Crippen LogP contribution in [0.25, 0.3) is 0 Å². The highest BCUT2D eigenvalue weighted by molar-refractivity contribution is 7.86. The number of hydrogen-bond donors (Lipinski definition) is 0. The molecule has 0 bridgehead atoms. The van der Waals surface area contributed by atoms with Crippen molar-refractivity contribution < 1.29 is 34.9 Å². The smallest absolute Gasteiger partial charge is 0.302 e. The van der Waals surface area contributed by atoms with Crippen molar-refractivity contribution in [2.75, 3.05) is 7.11 Å². The van der Waals surface area contributed by atoms with Crippen molar-refractivity contribution in [2.24, 2.45) is 0 Å². The molecule has 220 valence electrons. The predicted molar refractivity (Wildman–Crippen MR) is 144 cm³/mol. The summed E-state index contributed by atoms with van der Waals surface area (Å²) in [5.74, 6) is -8.30. The molecule has 3 saturated carbocycles. The zero-order valence-electron chi connectivity index (χ0n) is 23.0. The first kappa shape index (κ1) is 29.4. The molecule has 0 aliphatic heterocycles. The molecule has 0 atom stereocenters. The minimum atomic E-state index is -5.05. The van der Waals surface area contributed by atoms with Crippen molar-refractivity contribution in [1.29, 1.82) is 0 Å². The average molecular weight is 583 g/mol. The quantitative estimate of drug-likeness (QED) is 0.185. The van der Waals surface area contributed by atoms with Crippen LogP contribution < -0.4 is 4.74 Å². The summed E-state index contributed by atoms with van der Waals surface area (Å²) in [6.07, 6.45) is 15.6. The van der Waals surface area contributed by atoms with Crippen molar-refractivity contribution in [1.82, 2.24) is 0 Å². The van der Waals surface area contributed by atoms with Crippen LogP contribution in [0, 0.1) is 23.3 Å². The molecule has 0 unspecified atom stereocenters. The van der Waals surface area contributed by atoms with E-state index in [0.29, 0.717) is 13.0 Å². The van der Waals surface area contributed by atoms with Gasteiger partial charge in [0, 0.05) is 0 Å².